The van der Waals surface area contributed by atoms with Gasteiger partial charge in [-0.25, -0.2) is 0 Å². The monoisotopic (exact) mass is 436 g/mol. The molecule has 0 radical (unpaired) electrons. The van der Waals surface area contributed by atoms with Crippen LogP contribution in [0.25, 0.3) is 11.4 Å². The molecule has 0 aliphatic rings. The lowest BCUT2D eigenvalue weighted by Gasteiger charge is -2.10. The second-order valence-corrected chi connectivity index (χ2v) is 7.89. The van der Waals surface area contributed by atoms with Gasteiger partial charge in [0, 0.05) is 28.2 Å². The van der Waals surface area contributed by atoms with Crippen LogP contribution in [0.1, 0.15) is 11.1 Å². The summed E-state index contributed by atoms with van der Waals surface area (Å²) in [6, 6.07) is 22.7. The van der Waals surface area contributed by atoms with E-state index in [1.54, 1.807) is 18.0 Å². The van der Waals surface area contributed by atoms with Gasteiger partial charge >= 0.3 is 0 Å². The van der Waals surface area contributed by atoms with Crippen molar-refractivity contribution in [3.05, 3.63) is 94.7 Å². The maximum absolute atomic E-state index is 4.46. The van der Waals surface area contributed by atoms with Gasteiger partial charge in [0.25, 0.3) is 0 Å². The minimum Gasteiger partial charge on any atom is -0.297 e. The molecule has 4 aromatic rings. The van der Waals surface area contributed by atoms with Crippen molar-refractivity contribution in [1.82, 2.24) is 19.7 Å². The fourth-order valence-corrected chi connectivity index (χ4v) is 3.90. The van der Waals surface area contributed by atoms with Crippen LogP contribution in [0.15, 0.2) is 88.8 Å². The molecule has 6 heteroatoms. The van der Waals surface area contributed by atoms with Gasteiger partial charge < -0.3 is 0 Å². The van der Waals surface area contributed by atoms with Crippen LogP contribution >= 0.6 is 27.7 Å². The van der Waals surface area contributed by atoms with E-state index in [0.717, 1.165) is 33.3 Å². The highest BCUT2D eigenvalue weighted by atomic mass is 79.9. The maximum Gasteiger partial charge on any atom is 0.192 e. The van der Waals surface area contributed by atoms with E-state index < -0.39 is 0 Å². The SMILES string of the molecule is Brc1ccc(CSc2nnc(-c3cccnc3)n2Cc2ccccc2)cc1. The molecular formula is C21H17BrN4S. The summed E-state index contributed by atoms with van der Waals surface area (Å²) in [5.74, 6) is 1.68. The number of aromatic nitrogens is 4. The average molecular weight is 437 g/mol. The van der Waals surface area contributed by atoms with Crippen LogP contribution in [-0.2, 0) is 12.3 Å². The van der Waals surface area contributed by atoms with Gasteiger partial charge in [-0.3, -0.25) is 9.55 Å². The highest BCUT2D eigenvalue weighted by molar-refractivity contribution is 9.10. The molecule has 2 heterocycles. The van der Waals surface area contributed by atoms with Gasteiger partial charge in [0.1, 0.15) is 0 Å². The molecule has 27 heavy (non-hydrogen) atoms. The third-order valence-corrected chi connectivity index (χ3v) is 5.67. The zero-order valence-electron chi connectivity index (χ0n) is 14.5. The molecule has 2 aromatic carbocycles. The first kappa shape index (κ1) is 17.9. The van der Waals surface area contributed by atoms with E-state index >= 15 is 0 Å². The number of benzene rings is 2. The Balaban J connectivity index is 1.64. The van der Waals surface area contributed by atoms with E-state index in [1.165, 1.54) is 11.1 Å². The molecule has 0 spiro atoms. The Morgan fingerprint density at radius 3 is 2.41 bits per heavy atom. The van der Waals surface area contributed by atoms with Crippen LogP contribution in [-0.4, -0.2) is 19.7 Å². The van der Waals surface area contributed by atoms with Crippen molar-refractivity contribution in [2.24, 2.45) is 0 Å². The predicted octanol–water partition coefficient (Wildman–Crippen LogP) is 5.44. The molecule has 0 saturated heterocycles. The van der Waals surface area contributed by atoms with Crippen molar-refractivity contribution in [3.8, 4) is 11.4 Å². The smallest absolute Gasteiger partial charge is 0.192 e. The normalized spacial score (nSPS) is 10.9. The molecule has 4 nitrogen and oxygen atoms in total. The largest absolute Gasteiger partial charge is 0.297 e. The lowest BCUT2D eigenvalue weighted by atomic mass is 10.2. The van der Waals surface area contributed by atoms with E-state index in [1.807, 2.05) is 24.4 Å². The Morgan fingerprint density at radius 2 is 1.67 bits per heavy atom. The summed E-state index contributed by atoms with van der Waals surface area (Å²) < 4.78 is 3.25. The Hall–Kier alpha value is -2.44. The number of hydrogen-bond donors (Lipinski definition) is 0. The van der Waals surface area contributed by atoms with Crippen LogP contribution in [0.2, 0.25) is 0 Å². The number of pyridine rings is 1. The molecule has 0 saturated carbocycles. The molecule has 0 N–H and O–H groups in total. The molecule has 4 rings (SSSR count). The van der Waals surface area contributed by atoms with Crippen molar-refractivity contribution < 1.29 is 0 Å². The third-order valence-electron chi connectivity index (χ3n) is 4.10. The van der Waals surface area contributed by atoms with E-state index in [9.17, 15) is 0 Å². The molecule has 134 valence electrons. The van der Waals surface area contributed by atoms with Crippen LogP contribution in [0.4, 0.5) is 0 Å². The number of rotatable bonds is 6. The second-order valence-electron chi connectivity index (χ2n) is 6.03. The minimum atomic E-state index is 0.723. The first-order chi connectivity index (χ1) is 13.3. The van der Waals surface area contributed by atoms with Crippen molar-refractivity contribution in [2.45, 2.75) is 17.5 Å². The summed E-state index contributed by atoms with van der Waals surface area (Å²) in [5.41, 5.74) is 3.43. The van der Waals surface area contributed by atoms with Gasteiger partial charge in [0.2, 0.25) is 0 Å². The average Bonchev–Trinajstić information content (AvgIpc) is 3.11. The van der Waals surface area contributed by atoms with E-state index in [-0.39, 0.29) is 0 Å². The lowest BCUT2D eigenvalue weighted by Crippen LogP contribution is -2.04. The topological polar surface area (TPSA) is 43.6 Å². The Kier molecular flexibility index (Phi) is 5.65. The van der Waals surface area contributed by atoms with Gasteiger partial charge in [0.15, 0.2) is 11.0 Å². The van der Waals surface area contributed by atoms with Crippen molar-refractivity contribution in [1.29, 1.82) is 0 Å². The van der Waals surface area contributed by atoms with Gasteiger partial charge in [0.05, 0.1) is 6.54 Å². The molecule has 0 unspecified atom stereocenters. The first-order valence-electron chi connectivity index (χ1n) is 8.54. The molecule has 0 bridgehead atoms. The van der Waals surface area contributed by atoms with Gasteiger partial charge in [-0.05, 0) is 35.4 Å². The molecule has 2 aromatic heterocycles. The number of thioether (sulfide) groups is 1. The number of halogens is 1. The van der Waals surface area contributed by atoms with Crippen LogP contribution < -0.4 is 0 Å². The first-order valence-corrected chi connectivity index (χ1v) is 10.3. The van der Waals surface area contributed by atoms with E-state index in [0.29, 0.717) is 0 Å². The maximum atomic E-state index is 4.46. The Bertz CT molecular complexity index is 1000. The summed E-state index contributed by atoms with van der Waals surface area (Å²) in [5, 5.41) is 9.82. The quantitative estimate of drug-likeness (QED) is 0.377. The zero-order valence-corrected chi connectivity index (χ0v) is 16.9. The molecule has 0 fully saturated rings. The number of nitrogens with zero attached hydrogens (tertiary/aromatic N) is 4. The molecule has 0 aliphatic carbocycles. The minimum absolute atomic E-state index is 0.723. The summed E-state index contributed by atoms with van der Waals surface area (Å²) in [7, 11) is 0. The Labute approximate surface area is 170 Å². The predicted molar refractivity (Wildman–Crippen MR) is 112 cm³/mol. The standard InChI is InChI=1S/C21H17BrN4S/c22-19-10-8-17(9-11-19)15-27-21-25-24-20(18-7-4-12-23-13-18)26(21)14-16-5-2-1-3-6-16/h1-13H,14-15H2. The fraction of sp³-hybridized carbons (Fsp3) is 0.0952. The van der Waals surface area contributed by atoms with Crippen molar-refractivity contribution in [2.75, 3.05) is 0 Å². The zero-order chi connectivity index (χ0) is 18.5. The van der Waals surface area contributed by atoms with Crippen LogP contribution in [0, 0.1) is 0 Å². The van der Waals surface area contributed by atoms with Crippen LogP contribution in [0.3, 0.4) is 0 Å². The lowest BCUT2D eigenvalue weighted by molar-refractivity contribution is 0.714. The molecule has 0 amide bonds. The van der Waals surface area contributed by atoms with Crippen molar-refractivity contribution in [3.63, 3.8) is 0 Å². The summed E-state index contributed by atoms with van der Waals surface area (Å²) in [6.45, 7) is 0.723. The highest BCUT2D eigenvalue weighted by Crippen LogP contribution is 2.27. The van der Waals surface area contributed by atoms with Gasteiger partial charge in [-0.15, -0.1) is 10.2 Å². The molecule has 0 atom stereocenters. The second kappa shape index (κ2) is 8.50. The molecular weight excluding hydrogens is 420 g/mol. The fourth-order valence-electron chi connectivity index (χ4n) is 2.74. The number of hydrogen-bond acceptors (Lipinski definition) is 4. The van der Waals surface area contributed by atoms with E-state index in [4.69, 9.17) is 0 Å². The Morgan fingerprint density at radius 1 is 0.852 bits per heavy atom. The third kappa shape index (κ3) is 4.46. The van der Waals surface area contributed by atoms with Gasteiger partial charge in [-0.1, -0.05) is 70.2 Å². The summed E-state index contributed by atoms with van der Waals surface area (Å²) >= 11 is 5.17. The summed E-state index contributed by atoms with van der Waals surface area (Å²) in [6.07, 6.45) is 3.60. The highest BCUT2D eigenvalue weighted by Gasteiger charge is 2.15. The van der Waals surface area contributed by atoms with Gasteiger partial charge in [-0.2, -0.15) is 0 Å². The van der Waals surface area contributed by atoms with Crippen LogP contribution in [0.5, 0.6) is 0 Å². The van der Waals surface area contributed by atoms with E-state index in [2.05, 4.69) is 84.2 Å². The summed E-state index contributed by atoms with van der Waals surface area (Å²) in [4.78, 5) is 4.23. The molecule has 0 aliphatic heterocycles. The van der Waals surface area contributed by atoms with Crippen molar-refractivity contribution >= 4 is 27.7 Å².